The molecule has 0 saturated heterocycles. The molecule has 0 radical (unpaired) electrons. The normalized spacial score (nSPS) is 32.3. The van der Waals surface area contributed by atoms with E-state index in [9.17, 15) is 8.78 Å². The van der Waals surface area contributed by atoms with Gasteiger partial charge in [0, 0.05) is 0 Å². The van der Waals surface area contributed by atoms with Crippen molar-refractivity contribution in [2.45, 2.75) is 109 Å². The van der Waals surface area contributed by atoms with Crippen LogP contribution in [0.25, 0.3) is 0 Å². The molecule has 0 aromatic heterocycles. The van der Waals surface area contributed by atoms with Crippen LogP contribution in [0.3, 0.4) is 0 Å². The Balaban J connectivity index is 1.21. The first-order chi connectivity index (χ1) is 16.6. The Labute approximate surface area is 206 Å². The molecule has 190 valence electrons. The zero-order valence-electron chi connectivity index (χ0n) is 21.4. The summed E-state index contributed by atoms with van der Waals surface area (Å²) in [4.78, 5) is 0. The van der Waals surface area contributed by atoms with Crippen LogP contribution in [0, 0.1) is 41.2 Å². The zero-order valence-corrected chi connectivity index (χ0v) is 21.4. The van der Waals surface area contributed by atoms with Gasteiger partial charge in [-0.05, 0) is 131 Å². The molecule has 0 aliphatic heterocycles. The molecular formula is C31H46F2O. The first-order valence-electron chi connectivity index (χ1n) is 14.3. The molecule has 0 amide bonds. The van der Waals surface area contributed by atoms with E-state index < -0.39 is 11.6 Å². The summed E-state index contributed by atoms with van der Waals surface area (Å²) in [7, 11) is 0. The Hall–Kier alpha value is -1.38. The molecule has 3 aliphatic rings. The molecule has 1 nitrogen and oxygen atoms in total. The molecule has 0 heterocycles. The molecule has 3 fully saturated rings. The summed E-state index contributed by atoms with van der Waals surface area (Å²) in [6.07, 6.45) is 21.1. The lowest BCUT2D eigenvalue weighted by Crippen LogP contribution is -2.29. The first-order valence-corrected chi connectivity index (χ1v) is 14.3. The van der Waals surface area contributed by atoms with Gasteiger partial charge in [-0.3, -0.25) is 0 Å². The van der Waals surface area contributed by atoms with Crippen molar-refractivity contribution in [3.05, 3.63) is 42.0 Å². The third kappa shape index (κ3) is 6.24. The number of allylic oxidation sites excluding steroid dienone is 1. The Morgan fingerprint density at radius 2 is 1.32 bits per heavy atom. The number of hydrogen-bond donors (Lipinski definition) is 0. The zero-order chi connectivity index (χ0) is 23.9. The van der Waals surface area contributed by atoms with Crippen molar-refractivity contribution in [2.24, 2.45) is 29.6 Å². The molecule has 0 bridgehead atoms. The molecule has 1 aromatic rings. The van der Waals surface area contributed by atoms with Crippen LogP contribution in [0.2, 0.25) is 0 Å². The van der Waals surface area contributed by atoms with Gasteiger partial charge >= 0.3 is 0 Å². The van der Waals surface area contributed by atoms with Crippen LogP contribution in [-0.4, -0.2) is 6.61 Å². The molecular weight excluding hydrogens is 426 g/mol. The summed E-state index contributed by atoms with van der Waals surface area (Å²) in [5.41, 5.74) is 0.562. The molecule has 0 N–H and O–H groups in total. The van der Waals surface area contributed by atoms with Gasteiger partial charge in [-0.15, -0.1) is 6.58 Å². The Morgan fingerprint density at radius 1 is 0.794 bits per heavy atom. The molecule has 3 aliphatic carbocycles. The second-order valence-electron chi connectivity index (χ2n) is 11.6. The Kier molecular flexibility index (Phi) is 9.48. The summed E-state index contributed by atoms with van der Waals surface area (Å²) in [6.45, 7) is 6.26. The molecule has 1 aromatic carbocycles. The van der Waals surface area contributed by atoms with E-state index in [0.717, 1.165) is 48.9 Å². The van der Waals surface area contributed by atoms with E-state index >= 15 is 0 Å². The van der Waals surface area contributed by atoms with Crippen LogP contribution in [0.4, 0.5) is 8.78 Å². The fourth-order valence-electron chi connectivity index (χ4n) is 7.48. The average molecular weight is 473 g/mol. The summed E-state index contributed by atoms with van der Waals surface area (Å²) in [6, 6.07) is 3.40. The second kappa shape index (κ2) is 12.5. The van der Waals surface area contributed by atoms with Gasteiger partial charge in [0.25, 0.3) is 0 Å². The Morgan fingerprint density at radius 3 is 1.85 bits per heavy atom. The molecule has 0 spiro atoms. The van der Waals surface area contributed by atoms with Crippen LogP contribution >= 0.6 is 0 Å². The molecule has 0 atom stereocenters. The highest BCUT2D eigenvalue weighted by atomic mass is 19.2. The molecule has 3 heteroatoms. The van der Waals surface area contributed by atoms with Crippen molar-refractivity contribution in [1.82, 2.24) is 0 Å². The number of benzene rings is 1. The summed E-state index contributed by atoms with van der Waals surface area (Å²) in [5.74, 6) is 3.23. The quantitative estimate of drug-likeness (QED) is 0.325. The van der Waals surface area contributed by atoms with Crippen LogP contribution in [-0.2, 0) is 0 Å². The molecule has 4 rings (SSSR count). The predicted molar refractivity (Wildman–Crippen MR) is 137 cm³/mol. The van der Waals surface area contributed by atoms with Gasteiger partial charge in [0.2, 0.25) is 5.82 Å². The number of ether oxygens (including phenoxy) is 1. The third-order valence-electron chi connectivity index (χ3n) is 9.57. The second-order valence-corrected chi connectivity index (χ2v) is 11.6. The lowest BCUT2D eigenvalue weighted by molar-refractivity contribution is 0.109. The SMILES string of the molecule is C=CCCC1CCC(C2CCC(C3CCC(c4ccc(OCCC)c(F)c4F)CC3)CC2)CC1. The van der Waals surface area contributed by atoms with Crippen LogP contribution in [0.15, 0.2) is 24.8 Å². The van der Waals surface area contributed by atoms with Gasteiger partial charge in [-0.2, -0.15) is 4.39 Å². The van der Waals surface area contributed by atoms with E-state index in [1.807, 2.05) is 6.92 Å². The fraction of sp³-hybridized carbons (Fsp3) is 0.742. The Bertz CT molecular complexity index is 766. The van der Waals surface area contributed by atoms with Crippen LogP contribution in [0.5, 0.6) is 5.75 Å². The predicted octanol–water partition coefficient (Wildman–Crippen LogP) is 9.61. The monoisotopic (exact) mass is 472 g/mol. The molecule has 3 saturated carbocycles. The van der Waals surface area contributed by atoms with E-state index in [1.54, 1.807) is 12.1 Å². The van der Waals surface area contributed by atoms with E-state index in [4.69, 9.17) is 4.74 Å². The number of hydrogen-bond acceptors (Lipinski definition) is 1. The van der Waals surface area contributed by atoms with Gasteiger partial charge in [0.1, 0.15) is 0 Å². The third-order valence-corrected chi connectivity index (χ3v) is 9.57. The van der Waals surface area contributed by atoms with Crippen LogP contribution in [0.1, 0.15) is 115 Å². The largest absolute Gasteiger partial charge is 0.490 e. The maximum absolute atomic E-state index is 14.8. The van der Waals surface area contributed by atoms with E-state index in [2.05, 4.69) is 12.7 Å². The van der Waals surface area contributed by atoms with Gasteiger partial charge in [0.05, 0.1) is 6.61 Å². The van der Waals surface area contributed by atoms with Crippen LogP contribution < -0.4 is 4.74 Å². The topological polar surface area (TPSA) is 9.23 Å². The summed E-state index contributed by atoms with van der Waals surface area (Å²) >= 11 is 0. The van der Waals surface area contributed by atoms with Gasteiger partial charge in [0.15, 0.2) is 11.6 Å². The minimum absolute atomic E-state index is 0.0544. The van der Waals surface area contributed by atoms with Crippen molar-refractivity contribution in [2.75, 3.05) is 6.61 Å². The maximum Gasteiger partial charge on any atom is 0.200 e. The van der Waals surface area contributed by atoms with E-state index in [0.29, 0.717) is 12.2 Å². The smallest absolute Gasteiger partial charge is 0.200 e. The van der Waals surface area contributed by atoms with Crippen molar-refractivity contribution in [1.29, 1.82) is 0 Å². The van der Waals surface area contributed by atoms with Crippen molar-refractivity contribution in [3.8, 4) is 5.75 Å². The standard InChI is InChI=1S/C31H46F2O/c1-3-5-6-22-7-9-23(10-8-22)24-11-13-25(14-12-24)26-15-17-27(18-16-26)28-19-20-29(34-21-4-2)31(33)30(28)32/h3,19-20,22-27H,1,4-18,21H2,2H3. The number of halogens is 2. The summed E-state index contributed by atoms with van der Waals surface area (Å²) in [5, 5.41) is 0. The minimum Gasteiger partial charge on any atom is -0.490 e. The van der Waals surface area contributed by atoms with Gasteiger partial charge in [-0.1, -0.05) is 31.9 Å². The van der Waals surface area contributed by atoms with Gasteiger partial charge in [-0.25, -0.2) is 4.39 Å². The highest BCUT2D eigenvalue weighted by Gasteiger charge is 2.35. The highest BCUT2D eigenvalue weighted by Crippen LogP contribution is 2.48. The minimum atomic E-state index is -0.805. The summed E-state index contributed by atoms with van der Waals surface area (Å²) < 4.78 is 34.6. The molecule has 0 unspecified atom stereocenters. The van der Waals surface area contributed by atoms with Gasteiger partial charge < -0.3 is 4.74 Å². The van der Waals surface area contributed by atoms with Crippen molar-refractivity contribution < 1.29 is 13.5 Å². The van der Waals surface area contributed by atoms with Crippen molar-refractivity contribution in [3.63, 3.8) is 0 Å². The number of rotatable bonds is 9. The first kappa shape index (κ1) is 25.7. The lowest BCUT2D eigenvalue weighted by Gasteiger charge is -2.41. The fourth-order valence-corrected chi connectivity index (χ4v) is 7.48. The average Bonchev–Trinajstić information content (AvgIpc) is 2.89. The maximum atomic E-state index is 14.8. The highest BCUT2D eigenvalue weighted by molar-refractivity contribution is 5.33. The van der Waals surface area contributed by atoms with Crippen molar-refractivity contribution >= 4 is 0 Å². The van der Waals surface area contributed by atoms with E-state index in [1.165, 1.54) is 77.0 Å². The lowest BCUT2D eigenvalue weighted by atomic mass is 9.64. The molecule has 34 heavy (non-hydrogen) atoms. The van der Waals surface area contributed by atoms with E-state index in [-0.39, 0.29) is 11.7 Å².